The van der Waals surface area contributed by atoms with Crippen molar-refractivity contribution in [2.45, 2.75) is 27.2 Å². The van der Waals surface area contributed by atoms with E-state index < -0.39 is 10.1 Å². The standard InChI is InChI=1S/C13H21N3O3S/c1-6-11-8-12(14-9-16(4)7-2)10(3)15-13(11)19-20(5,17)18/h8-9H,6-7H2,1-5H3/b14-9+. The van der Waals surface area contributed by atoms with E-state index in [2.05, 4.69) is 9.98 Å². The first-order valence-electron chi connectivity index (χ1n) is 6.41. The topological polar surface area (TPSA) is 71.9 Å². The summed E-state index contributed by atoms with van der Waals surface area (Å²) in [5.74, 6) is 0.135. The highest BCUT2D eigenvalue weighted by Crippen LogP contribution is 2.26. The van der Waals surface area contributed by atoms with Gasteiger partial charge < -0.3 is 9.08 Å². The molecule has 20 heavy (non-hydrogen) atoms. The van der Waals surface area contributed by atoms with Crippen LogP contribution >= 0.6 is 0 Å². The molecule has 0 fully saturated rings. The van der Waals surface area contributed by atoms with Crippen molar-refractivity contribution in [1.29, 1.82) is 0 Å². The molecule has 7 heteroatoms. The van der Waals surface area contributed by atoms with Crippen molar-refractivity contribution in [3.63, 3.8) is 0 Å². The van der Waals surface area contributed by atoms with Crippen molar-refractivity contribution in [3.8, 4) is 5.88 Å². The van der Waals surface area contributed by atoms with Gasteiger partial charge in [-0.3, -0.25) is 0 Å². The summed E-state index contributed by atoms with van der Waals surface area (Å²) in [4.78, 5) is 10.5. The van der Waals surface area contributed by atoms with E-state index >= 15 is 0 Å². The molecule has 0 unspecified atom stereocenters. The van der Waals surface area contributed by atoms with Gasteiger partial charge in [-0.15, -0.1) is 0 Å². The third-order valence-corrected chi connectivity index (χ3v) is 3.19. The maximum atomic E-state index is 11.2. The van der Waals surface area contributed by atoms with E-state index in [4.69, 9.17) is 4.18 Å². The van der Waals surface area contributed by atoms with Gasteiger partial charge in [0.2, 0.25) is 5.88 Å². The number of rotatable bonds is 6. The molecule has 0 spiro atoms. The monoisotopic (exact) mass is 299 g/mol. The van der Waals surface area contributed by atoms with Crippen LogP contribution in [0.5, 0.6) is 5.88 Å². The Balaban J connectivity index is 3.16. The van der Waals surface area contributed by atoms with Gasteiger partial charge in [-0.25, -0.2) is 9.98 Å². The van der Waals surface area contributed by atoms with Crippen LogP contribution in [0.1, 0.15) is 25.1 Å². The van der Waals surface area contributed by atoms with Crippen LogP contribution in [0.25, 0.3) is 0 Å². The molecule has 0 aliphatic heterocycles. The summed E-state index contributed by atoms with van der Waals surface area (Å²) in [6.45, 7) is 6.56. The van der Waals surface area contributed by atoms with Crippen molar-refractivity contribution in [1.82, 2.24) is 9.88 Å². The lowest BCUT2D eigenvalue weighted by Gasteiger charge is -2.11. The van der Waals surface area contributed by atoms with Crippen molar-refractivity contribution in [2.75, 3.05) is 19.8 Å². The minimum absolute atomic E-state index is 0.135. The van der Waals surface area contributed by atoms with Crippen LogP contribution < -0.4 is 4.18 Å². The predicted octanol–water partition coefficient (Wildman–Crippen LogP) is 1.90. The number of aryl methyl sites for hydroxylation is 2. The summed E-state index contributed by atoms with van der Waals surface area (Å²) in [6, 6.07) is 1.81. The van der Waals surface area contributed by atoms with Crippen LogP contribution in [-0.4, -0.2) is 44.5 Å². The van der Waals surface area contributed by atoms with Gasteiger partial charge in [-0.1, -0.05) is 6.92 Å². The maximum absolute atomic E-state index is 11.2. The third-order valence-electron chi connectivity index (χ3n) is 2.73. The molecular formula is C13H21N3O3S. The second kappa shape index (κ2) is 6.69. The van der Waals surface area contributed by atoms with Gasteiger partial charge in [-0.2, -0.15) is 8.42 Å². The molecule has 0 N–H and O–H groups in total. The number of pyridine rings is 1. The highest BCUT2D eigenvalue weighted by Gasteiger charge is 2.13. The average molecular weight is 299 g/mol. The average Bonchev–Trinajstić information content (AvgIpc) is 2.35. The van der Waals surface area contributed by atoms with Crippen molar-refractivity contribution >= 4 is 22.1 Å². The van der Waals surface area contributed by atoms with Crippen molar-refractivity contribution in [3.05, 3.63) is 17.3 Å². The van der Waals surface area contributed by atoms with Crippen LogP contribution in [0, 0.1) is 6.92 Å². The van der Waals surface area contributed by atoms with E-state index in [0.29, 0.717) is 23.4 Å². The molecule has 1 heterocycles. The Hall–Kier alpha value is -1.63. The summed E-state index contributed by atoms with van der Waals surface area (Å²) < 4.78 is 27.3. The lowest BCUT2D eigenvalue weighted by molar-refractivity contribution is 0.478. The van der Waals surface area contributed by atoms with Crippen molar-refractivity contribution < 1.29 is 12.6 Å². The fourth-order valence-electron chi connectivity index (χ4n) is 1.45. The Morgan fingerprint density at radius 3 is 2.60 bits per heavy atom. The molecule has 0 aliphatic rings. The predicted molar refractivity (Wildman–Crippen MR) is 80.3 cm³/mol. The third kappa shape index (κ3) is 4.80. The van der Waals surface area contributed by atoms with Gasteiger partial charge >= 0.3 is 10.1 Å². The van der Waals surface area contributed by atoms with E-state index in [1.165, 1.54) is 0 Å². The Bertz CT molecular complexity index is 597. The molecule has 0 aromatic carbocycles. The van der Waals surface area contributed by atoms with E-state index in [0.717, 1.165) is 12.8 Å². The highest BCUT2D eigenvalue weighted by molar-refractivity contribution is 7.86. The Labute approximate surface area is 120 Å². The summed E-state index contributed by atoms with van der Waals surface area (Å²) in [7, 11) is -1.65. The van der Waals surface area contributed by atoms with Gasteiger partial charge in [-0.05, 0) is 26.3 Å². The first kappa shape index (κ1) is 16.4. The number of hydrogen-bond acceptors (Lipinski definition) is 5. The zero-order chi connectivity index (χ0) is 15.3. The van der Waals surface area contributed by atoms with Gasteiger partial charge in [0.15, 0.2) is 0 Å². The SMILES string of the molecule is CCc1cc(/N=C/N(C)CC)c(C)nc1OS(C)(=O)=O. The summed E-state index contributed by atoms with van der Waals surface area (Å²) in [5.41, 5.74) is 2.05. The minimum atomic E-state index is -3.58. The van der Waals surface area contributed by atoms with Crippen molar-refractivity contribution in [2.24, 2.45) is 4.99 Å². The first-order chi connectivity index (χ1) is 9.26. The quantitative estimate of drug-likeness (QED) is 0.456. The summed E-state index contributed by atoms with van der Waals surface area (Å²) in [5, 5.41) is 0. The largest absolute Gasteiger partial charge is 0.366 e. The van der Waals surface area contributed by atoms with Gasteiger partial charge in [0.05, 0.1) is 24.0 Å². The van der Waals surface area contributed by atoms with Crippen LogP contribution in [0.3, 0.4) is 0 Å². The smallest absolute Gasteiger partial charge is 0.307 e. The van der Waals surface area contributed by atoms with Crippen LogP contribution in [0.15, 0.2) is 11.1 Å². The van der Waals surface area contributed by atoms with Gasteiger partial charge in [0.25, 0.3) is 0 Å². The molecular weight excluding hydrogens is 278 g/mol. The zero-order valence-electron chi connectivity index (χ0n) is 12.5. The molecule has 1 aromatic rings. The van der Waals surface area contributed by atoms with Gasteiger partial charge in [0.1, 0.15) is 0 Å². The summed E-state index contributed by atoms with van der Waals surface area (Å²) in [6.07, 6.45) is 3.34. The number of hydrogen-bond donors (Lipinski definition) is 0. The Morgan fingerprint density at radius 1 is 1.45 bits per heavy atom. The molecule has 0 saturated heterocycles. The second-order valence-corrected chi connectivity index (χ2v) is 6.09. The van der Waals surface area contributed by atoms with Crippen LogP contribution in [0.2, 0.25) is 0 Å². The molecule has 0 bridgehead atoms. The molecule has 1 aromatic heterocycles. The number of aromatic nitrogens is 1. The molecule has 0 atom stereocenters. The molecule has 0 aliphatic carbocycles. The Kier molecular flexibility index (Phi) is 5.50. The molecule has 112 valence electrons. The van der Waals surface area contributed by atoms with Gasteiger partial charge in [0, 0.05) is 19.2 Å². The molecule has 0 saturated carbocycles. The second-order valence-electron chi connectivity index (χ2n) is 4.52. The summed E-state index contributed by atoms with van der Waals surface area (Å²) >= 11 is 0. The normalized spacial score (nSPS) is 11.8. The first-order valence-corrected chi connectivity index (χ1v) is 8.22. The van der Waals surface area contributed by atoms with Crippen LogP contribution in [0.4, 0.5) is 5.69 Å². The highest BCUT2D eigenvalue weighted by atomic mass is 32.2. The lowest BCUT2D eigenvalue weighted by atomic mass is 10.2. The molecule has 0 amide bonds. The van der Waals surface area contributed by atoms with E-state index in [-0.39, 0.29) is 5.88 Å². The molecule has 0 radical (unpaired) electrons. The van der Waals surface area contributed by atoms with Crippen LogP contribution in [-0.2, 0) is 16.5 Å². The fraction of sp³-hybridized carbons (Fsp3) is 0.538. The van der Waals surface area contributed by atoms with E-state index in [1.54, 1.807) is 13.3 Å². The lowest BCUT2D eigenvalue weighted by Crippen LogP contribution is -2.14. The number of nitrogens with zero attached hydrogens (tertiary/aromatic N) is 3. The minimum Gasteiger partial charge on any atom is -0.366 e. The van der Waals surface area contributed by atoms with E-state index in [9.17, 15) is 8.42 Å². The fourth-order valence-corrected chi connectivity index (χ4v) is 1.89. The Morgan fingerprint density at radius 2 is 2.10 bits per heavy atom. The number of aliphatic imine (C=N–C) groups is 1. The zero-order valence-corrected chi connectivity index (χ0v) is 13.4. The maximum Gasteiger partial charge on any atom is 0.307 e. The molecule has 1 rings (SSSR count). The van der Waals surface area contributed by atoms with E-state index in [1.807, 2.05) is 31.9 Å². The molecule has 6 nitrogen and oxygen atoms in total.